The first kappa shape index (κ1) is 12.5. The van der Waals surface area contributed by atoms with Gasteiger partial charge >= 0.3 is 0 Å². The predicted octanol–water partition coefficient (Wildman–Crippen LogP) is 1.59. The maximum absolute atomic E-state index is 11.4. The lowest BCUT2D eigenvalue weighted by atomic mass is 10.1. The molecule has 0 bridgehead atoms. The Bertz CT molecular complexity index is 654. The molecule has 0 aliphatic carbocycles. The molecule has 0 amide bonds. The zero-order chi connectivity index (χ0) is 13.2. The average molecular weight is 263 g/mol. The topological polar surface area (TPSA) is 72.0 Å². The first-order chi connectivity index (χ1) is 8.52. The SMILES string of the molecule is CNc1nc(S(C)(=O)=O)ncc1-c1ccccc1. The summed E-state index contributed by atoms with van der Waals surface area (Å²) in [5, 5.41) is 2.72. The monoisotopic (exact) mass is 263 g/mol. The van der Waals surface area contributed by atoms with Crippen LogP contribution in [-0.4, -0.2) is 31.7 Å². The van der Waals surface area contributed by atoms with E-state index in [2.05, 4.69) is 15.3 Å². The Morgan fingerprint density at radius 3 is 2.39 bits per heavy atom. The molecular formula is C12H13N3O2S. The van der Waals surface area contributed by atoms with Crippen LogP contribution in [0.4, 0.5) is 5.82 Å². The van der Waals surface area contributed by atoms with E-state index in [0.717, 1.165) is 17.4 Å². The Morgan fingerprint density at radius 2 is 1.83 bits per heavy atom. The number of nitrogens with one attached hydrogen (secondary N) is 1. The number of sulfone groups is 1. The number of rotatable bonds is 3. The molecule has 5 nitrogen and oxygen atoms in total. The zero-order valence-corrected chi connectivity index (χ0v) is 10.9. The Hall–Kier alpha value is -1.95. The predicted molar refractivity (Wildman–Crippen MR) is 70.1 cm³/mol. The van der Waals surface area contributed by atoms with Crippen molar-refractivity contribution < 1.29 is 8.42 Å². The molecule has 0 radical (unpaired) electrons. The van der Waals surface area contributed by atoms with Crippen molar-refractivity contribution in [2.75, 3.05) is 18.6 Å². The summed E-state index contributed by atoms with van der Waals surface area (Å²) in [7, 11) is -1.70. The lowest BCUT2D eigenvalue weighted by molar-refractivity contribution is 0.593. The summed E-state index contributed by atoms with van der Waals surface area (Å²) in [5.41, 5.74) is 1.70. The normalized spacial score (nSPS) is 11.2. The van der Waals surface area contributed by atoms with Gasteiger partial charge in [-0.05, 0) is 5.56 Å². The van der Waals surface area contributed by atoms with Crippen LogP contribution in [0.5, 0.6) is 0 Å². The van der Waals surface area contributed by atoms with Crippen LogP contribution in [0.15, 0.2) is 41.7 Å². The van der Waals surface area contributed by atoms with Crippen molar-refractivity contribution in [3.05, 3.63) is 36.5 Å². The van der Waals surface area contributed by atoms with Gasteiger partial charge in [-0.3, -0.25) is 0 Å². The van der Waals surface area contributed by atoms with Crippen molar-refractivity contribution in [2.45, 2.75) is 5.16 Å². The van der Waals surface area contributed by atoms with Gasteiger partial charge in [0, 0.05) is 25.1 Å². The highest BCUT2D eigenvalue weighted by atomic mass is 32.2. The third-order valence-electron chi connectivity index (χ3n) is 2.42. The zero-order valence-electron chi connectivity index (χ0n) is 10.1. The van der Waals surface area contributed by atoms with Crippen molar-refractivity contribution in [1.29, 1.82) is 0 Å². The highest BCUT2D eigenvalue weighted by molar-refractivity contribution is 7.90. The first-order valence-corrected chi connectivity index (χ1v) is 7.22. The maximum Gasteiger partial charge on any atom is 0.248 e. The lowest BCUT2D eigenvalue weighted by Gasteiger charge is -2.08. The Labute approximate surface area is 106 Å². The van der Waals surface area contributed by atoms with Gasteiger partial charge in [-0.15, -0.1) is 0 Å². The number of hydrogen-bond donors (Lipinski definition) is 1. The Balaban J connectivity index is 2.58. The van der Waals surface area contributed by atoms with Crippen LogP contribution in [-0.2, 0) is 9.84 Å². The highest BCUT2D eigenvalue weighted by Gasteiger charge is 2.14. The van der Waals surface area contributed by atoms with Crippen LogP contribution in [0.1, 0.15) is 0 Å². The molecule has 2 rings (SSSR count). The van der Waals surface area contributed by atoms with E-state index >= 15 is 0 Å². The molecule has 1 aromatic carbocycles. The third kappa shape index (κ3) is 2.48. The second kappa shape index (κ2) is 4.73. The molecule has 0 saturated heterocycles. The molecule has 0 unspecified atom stereocenters. The van der Waals surface area contributed by atoms with Gasteiger partial charge in [0.05, 0.1) is 0 Å². The van der Waals surface area contributed by atoms with Gasteiger partial charge in [-0.25, -0.2) is 18.4 Å². The summed E-state index contributed by atoms with van der Waals surface area (Å²) >= 11 is 0. The smallest absolute Gasteiger partial charge is 0.248 e. The highest BCUT2D eigenvalue weighted by Crippen LogP contribution is 2.25. The van der Waals surface area contributed by atoms with Crippen molar-refractivity contribution in [3.63, 3.8) is 0 Å². The molecule has 0 saturated carbocycles. The fraction of sp³-hybridized carbons (Fsp3) is 0.167. The van der Waals surface area contributed by atoms with Gasteiger partial charge in [0.1, 0.15) is 5.82 Å². The largest absolute Gasteiger partial charge is 0.372 e. The molecular weight excluding hydrogens is 250 g/mol. The summed E-state index contributed by atoms with van der Waals surface area (Å²) in [5.74, 6) is 0.497. The molecule has 6 heteroatoms. The summed E-state index contributed by atoms with van der Waals surface area (Å²) in [6, 6.07) is 9.55. The lowest BCUT2D eigenvalue weighted by Crippen LogP contribution is -2.07. The van der Waals surface area contributed by atoms with E-state index in [0.29, 0.717) is 5.82 Å². The van der Waals surface area contributed by atoms with Crippen LogP contribution < -0.4 is 5.32 Å². The Morgan fingerprint density at radius 1 is 1.17 bits per heavy atom. The van der Waals surface area contributed by atoms with Gasteiger partial charge in [0.15, 0.2) is 0 Å². The van der Waals surface area contributed by atoms with E-state index in [9.17, 15) is 8.42 Å². The molecule has 1 heterocycles. The second-order valence-electron chi connectivity index (χ2n) is 3.80. The number of aromatic nitrogens is 2. The quantitative estimate of drug-likeness (QED) is 0.851. The van der Waals surface area contributed by atoms with Gasteiger partial charge in [-0.1, -0.05) is 30.3 Å². The third-order valence-corrected chi connectivity index (χ3v) is 3.28. The molecule has 0 fully saturated rings. The number of nitrogens with zero attached hydrogens (tertiary/aromatic N) is 2. The summed E-state index contributed by atoms with van der Waals surface area (Å²) < 4.78 is 22.8. The van der Waals surface area contributed by atoms with Gasteiger partial charge in [0.2, 0.25) is 15.0 Å². The van der Waals surface area contributed by atoms with Crippen LogP contribution in [0.2, 0.25) is 0 Å². The molecule has 0 aliphatic rings. The summed E-state index contributed by atoms with van der Waals surface area (Å²) in [4.78, 5) is 7.92. The molecule has 94 valence electrons. The van der Waals surface area contributed by atoms with E-state index in [-0.39, 0.29) is 5.16 Å². The van der Waals surface area contributed by atoms with Crippen LogP contribution >= 0.6 is 0 Å². The van der Waals surface area contributed by atoms with E-state index in [1.54, 1.807) is 7.05 Å². The number of benzene rings is 1. The minimum atomic E-state index is -3.40. The molecule has 0 spiro atoms. The minimum Gasteiger partial charge on any atom is -0.372 e. The number of anilines is 1. The summed E-state index contributed by atoms with van der Waals surface area (Å²) in [6.45, 7) is 0. The molecule has 1 aromatic heterocycles. The van der Waals surface area contributed by atoms with E-state index in [1.165, 1.54) is 6.20 Å². The second-order valence-corrected chi connectivity index (χ2v) is 5.71. The minimum absolute atomic E-state index is 0.175. The molecule has 1 N–H and O–H groups in total. The van der Waals surface area contributed by atoms with Crippen LogP contribution in [0.25, 0.3) is 11.1 Å². The van der Waals surface area contributed by atoms with Gasteiger partial charge < -0.3 is 5.32 Å². The van der Waals surface area contributed by atoms with Crippen LogP contribution in [0, 0.1) is 0 Å². The molecule has 18 heavy (non-hydrogen) atoms. The van der Waals surface area contributed by atoms with E-state index < -0.39 is 9.84 Å². The van der Waals surface area contributed by atoms with Crippen molar-refractivity contribution in [1.82, 2.24) is 9.97 Å². The standard InChI is InChI=1S/C12H13N3O2S/c1-13-11-10(9-6-4-3-5-7-9)8-14-12(15-11)18(2,16)17/h3-8H,1-2H3,(H,13,14,15). The van der Waals surface area contributed by atoms with E-state index in [4.69, 9.17) is 0 Å². The Kier molecular flexibility index (Phi) is 3.29. The molecule has 0 atom stereocenters. The van der Waals surface area contributed by atoms with Gasteiger partial charge in [0.25, 0.3) is 0 Å². The fourth-order valence-corrected chi connectivity index (χ4v) is 2.07. The average Bonchev–Trinajstić information content (AvgIpc) is 2.38. The maximum atomic E-state index is 11.4. The molecule has 0 aliphatic heterocycles. The van der Waals surface area contributed by atoms with Crippen molar-refractivity contribution in [3.8, 4) is 11.1 Å². The summed E-state index contributed by atoms with van der Waals surface area (Å²) in [6.07, 6.45) is 2.61. The molecule has 2 aromatic rings. The fourth-order valence-electron chi connectivity index (χ4n) is 1.56. The van der Waals surface area contributed by atoms with Gasteiger partial charge in [-0.2, -0.15) is 0 Å². The first-order valence-electron chi connectivity index (χ1n) is 5.32. The van der Waals surface area contributed by atoms with Crippen molar-refractivity contribution in [2.24, 2.45) is 0 Å². The van der Waals surface area contributed by atoms with E-state index in [1.807, 2.05) is 30.3 Å². The van der Waals surface area contributed by atoms with Crippen LogP contribution in [0.3, 0.4) is 0 Å². The number of hydrogen-bond acceptors (Lipinski definition) is 5. The van der Waals surface area contributed by atoms with Crippen molar-refractivity contribution >= 4 is 15.7 Å².